The van der Waals surface area contributed by atoms with Crippen molar-refractivity contribution in [3.8, 4) is 45.5 Å². The largest absolute Gasteiger partial charge is 0.454 e. The number of halogens is 8. The third kappa shape index (κ3) is 10.1. The van der Waals surface area contributed by atoms with Crippen LogP contribution in [0.2, 0.25) is 0 Å². The topological polar surface area (TPSA) is 184 Å². The first-order valence-corrected chi connectivity index (χ1v) is 22.6. The summed E-state index contributed by atoms with van der Waals surface area (Å²) in [6.07, 6.45) is -5.03. The number of hydrogen-bond donors (Lipinski definition) is 0. The van der Waals surface area contributed by atoms with Crippen LogP contribution in [0.3, 0.4) is 0 Å². The molecule has 0 bridgehead atoms. The molecule has 2 aliphatic heterocycles. The lowest BCUT2D eigenvalue weighted by Crippen LogP contribution is -2.20. The van der Waals surface area contributed by atoms with Crippen molar-refractivity contribution in [1.82, 2.24) is 29.1 Å². The number of hydrogen-bond acceptors (Lipinski definition) is 13. The molecule has 1 unspecified atom stereocenters. The molecule has 1 atom stereocenters. The maximum absolute atomic E-state index is 13.3. The second kappa shape index (κ2) is 17.5. The fourth-order valence-electron chi connectivity index (χ4n) is 5.91. The van der Waals surface area contributed by atoms with Gasteiger partial charge >= 0.3 is 12.4 Å². The van der Waals surface area contributed by atoms with Crippen LogP contribution in [0.5, 0.6) is 23.0 Å². The zero-order valence-electron chi connectivity index (χ0n) is 32.0. The lowest BCUT2D eigenvalue weighted by Gasteiger charge is -2.13. The van der Waals surface area contributed by atoms with Crippen LogP contribution < -0.4 is 30.1 Å². The second-order valence-electron chi connectivity index (χ2n) is 13.4. The highest BCUT2D eigenvalue weighted by Gasteiger charge is 2.36. The van der Waals surface area contributed by atoms with Crippen LogP contribution in [0.1, 0.15) is 22.5 Å². The molecule has 15 nitrogen and oxygen atoms in total. The smallest absolute Gasteiger partial charge is 0.433 e. The zero-order valence-corrected chi connectivity index (χ0v) is 36.8. The maximum Gasteiger partial charge on any atom is 0.433 e. The molecule has 2 aliphatic rings. The van der Waals surface area contributed by atoms with E-state index in [1.807, 2.05) is 0 Å². The van der Waals surface area contributed by atoms with E-state index in [2.05, 4.69) is 51.8 Å². The van der Waals surface area contributed by atoms with Crippen LogP contribution in [0.25, 0.3) is 22.5 Å². The summed E-state index contributed by atoms with van der Waals surface area (Å²) in [5.74, 6) is 2.10. The molecule has 0 N–H and O–H groups in total. The third-order valence-corrected chi connectivity index (χ3v) is 12.2. The standard InChI is InChI=1S/C19H13BrF3N3O5S.C19H13BrF3N3O4S/c1-32(28,29)18-24-12(6-14(25-18)19(21,22)23)10-3-5-15(27)26(7-10)8-11-2-4-13-17(16(11)20)31-9-30-13;1-31(28)18-24-12(6-14(25-18)19(21,22)23)10-3-5-15(27)26(7-10)8-11-2-4-13-17(16(11)20)30-9-29-13/h2-7H,8-9H2,1H3;2-7H,8-9H2,1H3. The first kappa shape index (κ1) is 45.4. The van der Waals surface area contributed by atoms with Gasteiger partial charge in [-0.15, -0.1) is 0 Å². The van der Waals surface area contributed by atoms with Crippen LogP contribution in [-0.4, -0.2) is 67.8 Å². The fraction of sp³-hybridized carbons (Fsp3) is 0.211. The number of ether oxygens (including phenoxy) is 4. The van der Waals surface area contributed by atoms with Crippen molar-refractivity contribution in [3.05, 3.63) is 125 Å². The Labute approximate surface area is 370 Å². The average Bonchev–Trinajstić information content (AvgIpc) is 3.92. The molecule has 4 aromatic heterocycles. The van der Waals surface area contributed by atoms with Crippen LogP contribution in [-0.2, 0) is 46.1 Å². The summed E-state index contributed by atoms with van der Waals surface area (Å²) in [5, 5.41) is -1.40. The monoisotopic (exact) mass is 1050 g/mol. The van der Waals surface area contributed by atoms with E-state index in [1.54, 1.807) is 24.3 Å². The van der Waals surface area contributed by atoms with Crippen LogP contribution in [0, 0.1) is 0 Å². The van der Waals surface area contributed by atoms with Crippen molar-refractivity contribution >= 4 is 52.5 Å². The molecular formula is C38H26Br2F6N6O9S2. The summed E-state index contributed by atoms with van der Waals surface area (Å²) in [6.45, 7) is 0.321. The third-order valence-electron chi connectivity index (χ3n) is 8.94. The number of fused-ring (bicyclic) bond motifs is 2. The number of aromatic nitrogens is 6. The van der Waals surface area contributed by atoms with Gasteiger partial charge in [-0.3, -0.25) is 13.8 Å². The van der Waals surface area contributed by atoms with Gasteiger partial charge in [-0.1, -0.05) is 12.1 Å². The Morgan fingerprint density at radius 3 is 1.54 bits per heavy atom. The van der Waals surface area contributed by atoms with Gasteiger partial charge in [0, 0.05) is 48.2 Å². The van der Waals surface area contributed by atoms with Crippen LogP contribution in [0.15, 0.2) is 102 Å². The Bertz CT molecular complexity index is 3060. The van der Waals surface area contributed by atoms with Gasteiger partial charge in [0.25, 0.3) is 11.1 Å². The van der Waals surface area contributed by atoms with Crippen molar-refractivity contribution in [1.29, 1.82) is 0 Å². The van der Waals surface area contributed by atoms with Gasteiger partial charge in [0.2, 0.25) is 33.7 Å². The summed E-state index contributed by atoms with van der Waals surface area (Å²) in [5.41, 5.74) is -2.06. The number of nitrogens with zero attached hydrogens (tertiary/aromatic N) is 6. The molecule has 6 aromatic rings. The Morgan fingerprint density at radius 1 is 0.667 bits per heavy atom. The number of rotatable bonds is 8. The minimum Gasteiger partial charge on any atom is -0.454 e. The van der Waals surface area contributed by atoms with Gasteiger partial charge in [0.05, 0.1) is 44.2 Å². The van der Waals surface area contributed by atoms with Crippen molar-refractivity contribution in [2.45, 2.75) is 35.8 Å². The zero-order chi connectivity index (χ0) is 45.6. The number of alkyl halides is 6. The second-order valence-corrected chi connectivity index (χ2v) is 18.1. The maximum atomic E-state index is 13.3. The molecule has 330 valence electrons. The van der Waals surface area contributed by atoms with E-state index in [-0.39, 0.29) is 54.7 Å². The Kier molecular flexibility index (Phi) is 12.6. The molecule has 6 heterocycles. The Hall–Kier alpha value is -5.66. The molecule has 0 saturated carbocycles. The molecule has 8 rings (SSSR count). The van der Waals surface area contributed by atoms with Gasteiger partial charge in [0.15, 0.2) is 23.0 Å². The lowest BCUT2D eigenvalue weighted by atomic mass is 10.1. The Balaban J connectivity index is 0.000000189. The minimum absolute atomic E-state index is 0.0556. The van der Waals surface area contributed by atoms with Crippen LogP contribution >= 0.6 is 31.9 Å². The molecule has 0 aliphatic carbocycles. The van der Waals surface area contributed by atoms with Gasteiger partial charge < -0.3 is 28.1 Å². The molecule has 0 radical (unpaired) electrons. The van der Waals surface area contributed by atoms with E-state index in [0.717, 1.165) is 12.1 Å². The molecule has 0 fully saturated rings. The summed E-state index contributed by atoms with van der Waals surface area (Å²) in [4.78, 5) is 39.0. The molecule has 2 aromatic carbocycles. The lowest BCUT2D eigenvalue weighted by molar-refractivity contribution is -0.142. The van der Waals surface area contributed by atoms with Gasteiger partial charge in [-0.05, 0) is 79.4 Å². The van der Waals surface area contributed by atoms with E-state index in [1.165, 1.54) is 46.0 Å². The van der Waals surface area contributed by atoms with Crippen molar-refractivity contribution in [2.75, 3.05) is 26.1 Å². The highest BCUT2D eigenvalue weighted by atomic mass is 79.9. The normalized spacial score (nSPS) is 13.7. The number of benzene rings is 2. The molecule has 0 saturated heterocycles. The van der Waals surface area contributed by atoms with E-state index in [4.69, 9.17) is 18.9 Å². The average molecular weight is 1050 g/mol. The summed E-state index contributed by atoms with van der Waals surface area (Å²) < 4.78 is 140. The Morgan fingerprint density at radius 2 is 1.11 bits per heavy atom. The minimum atomic E-state index is -4.89. The number of pyridine rings is 2. The molecular weight excluding hydrogens is 1020 g/mol. The first-order chi connectivity index (χ1) is 29.6. The number of sulfone groups is 1. The van der Waals surface area contributed by atoms with E-state index >= 15 is 0 Å². The van der Waals surface area contributed by atoms with E-state index in [9.17, 15) is 48.6 Å². The highest BCUT2D eigenvalue weighted by molar-refractivity contribution is 9.11. The molecule has 63 heavy (non-hydrogen) atoms. The van der Waals surface area contributed by atoms with E-state index < -0.39 is 60.2 Å². The predicted octanol–water partition coefficient (Wildman–Crippen LogP) is 6.87. The highest BCUT2D eigenvalue weighted by Crippen LogP contribution is 2.42. The summed E-state index contributed by atoms with van der Waals surface area (Å²) in [6, 6.07) is 13.3. The molecule has 0 amide bonds. The molecule has 0 spiro atoms. The van der Waals surface area contributed by atoms with Crippen molar-refractivity contribution in [3.63, 3.8) is 0 Å². The molecule has 25 heteroatoms. The first-order valence-electron chi connectivity index (χ1n) is 17.6. The van der Waals surface area contributed by atoms with Gasteiger partial charge in [0.1, 0.15) is 11.4 Å². The van der Waals surface area contributed by atoms with Gasteiger partial charge in [-0.2, -0.15) is 26.3 Å². The van der Waals surface area contributed by atoms with Crippen LogP contribution in [0.4, 0.5) is 26.3 Å². The van der Waals surface area contributed by atoms with Crippen molar-refractivity contribution < 1.29 is 57.9 Å². The summed E-state index contributed by atoms with van der Waals surface area (Å²) >= 11 is 6.84. The summed E-state index contributed by atoms with van der Waals surface area (Å²) in [7, 11) is -5.94. The SMILES string of the molecule is CS(=O)(=O)c1nc(-c2ccc(=O)n(Cc3ccc4c(c3Br)OCO4)c2)cc(C(F)(F)F)n1.CS(=O)c1nc(-c2ccc(=O)n(Cc3ccc4c(c3Br)OCO4)c2)cc(C(F)(F)F)n1. The van der Waals surface area contributed by atoms with E-state index in [0.29, 0.717) is 55.4 Å². The van der Waals surface area contributed by atoms with Gasteiger partial charge in [-0.25, -0.2) is 28.4 Å². The van der Waals surface area contributed by atoms with Crippen molar-refractivity contribution in [2.24, 2.45) is 0 Å². The predicted molar refractivity (Wildman–Crippen MR) is 218 cm³/mol. The fourth-order valence-corrected chi connectivity index (χ4v) is 8.03. The quantitative estimate of drug-likeness (QED) is 0.114.